The molecule has 0 aliphatic rings. The van der Waals surface area contributed by atoms with Crippen LogP contribution < -0.4 is 10.1 Å². The van der Waals surface area contributed by atoms with E-state index in [-0.39, 0.29) is 12.1 Å². The average molecular weight is 516 g/mol. The summed E-state index contributed by atoms with van der Waals surface area (Å²) in [5.41, 5.74) is 6.21. The minimum atomic E-state index is -3.91. The van der Waals surface area contributed by atoms with E-state index in [9.17, 15) is 4.57 Å². The summed E-state index contributed by atoms with van der Waals surface area (Å²) in [7, 11) is -3.91. The molecule has 0 bridgehead atoms. The molecule has 0 aliphatic heterocycles. The fourth-order valence-electron chi connectivity index (χ4n) is 4.05. The smallest absolute Gasteiger partial charge is 0.325 e. The van der Waals surface area contributed by atoms with Gasteiger partial charge in [-0.25, -0.2) is 0 Å². The van der Waals surface area contributed by atoms with Crippen molar-refractivity contribution in [2.24, 2.45) is 0 Å². The fourth-order valence-corrected chi connectivity index (χ4v) is 4.82. The Bertz CT molecular complexity index is 1130. The molecule has 0 spiro atoms. The van der Waals surface area contributed by atoms with Crippen molar-refractivity contribution in [3.05, 3.63) is 99.6 Å². The van der Waals surface area contributed by atoms with Crippen LogP contribution in [0.1, 0.15) is 53.0 Å². The SMILES string of the molecule is Cc1ccc(C(CCCOc2ccc(CNCCCP(=O)(O)O)cc2)c2cccc(Cl)c2)cc1C. The van der Waals surface area contributed by atoms with Gasteiger partial charge in [0.05, 0.1) is 12.8 Å². The molecule has 3 N–H and O–H groups in total. The number of ether oxygens (including phenoxy) is 1. The fraction of sp³-hybridized carbons (Fsp3) is 0.357. The molecule has 0 saturated carbocycles. The number of benzene rings is 3. The topological polar surface area (TPSA) is 78.8 Å². The van der Waals surface area contributed by atoms with Gasteiger partial charge >= 0.3 is 7.60 Å². The van der Waals surface area contributed by atoms with Gasteiger partial charge in [-0.15, -0.1) is 0 Å². The molecule has 0 aliphatic carbocycles. The highest BCUT2D eigenvalue weighted by Crippen LogP contribution is 2.34. The van der Waals surface area contributed by atoms with Gasteiger partial charge in [0.25, 0.3) is 0 Å². The molecule has 3 aromatic carbocycles. The van der Waals surface area contributed by atoms with Crippen molar-refractivity contribution < 1.29 is 19.1 Å². The number of halogens is 1. The van der Waals surface area contributed by atoms with Crippen LogP contribution in [0.5, 0.6) is 5.75 Å². The van der Waals surface area contributed by atoms with Crippen LogP contribution in [0.15, 0.2) is 66.7 Å². The Morgan fingerprint density at radius 2 is 1.69 bits per heavy atom. The van der Waals surface area contributed by atoms with E-state index < -0.39 is 7.60 Å². The van der Waals surface area contributed by atoms with Crippen LogP contribution in [-0.4, -0.2) is 29.1 Å². The first-order valence-corrected chi connectivity index (χ1v) is 14.2. The van der Waals surface area contributed by atoms with Crippen LogP contribution in [-0.2, 0) is 11.1 Å². The summed E-state index contributed by atoms with van der Waals surface area (Å²) >= 11 is 6.29. The van der Waals surface area contributed by atoms with Crippen LogP contribution in [0, 0.1) is 13.8 Å². The van der Waals surface area contributed by atoms with Crippen LogP contribution in [0.25, 0.3) is 0 Å². The third kappa shape index (κ3) is 9.44. The maximum atomic E-state index is 10.9. The van der Waals surface area contributed by atoms with Gasteiger partial charge in [-0.1, -0.05) is 54.1 Å². The molecule has 0 amide bonds. The molecule has 0 fully saturated rings. The van der Waals surface area contributed by atoms with E-state index >= 15 is 0 Å². The molecule has 7 heteroatoms. The summed E-state index contributed by atoms with van der Waals surface area (Å²) in [5.74, 6) is 1.09. The van der Waals surface area contributed by atoms with Gasteiger partial charge in [-0.2, -0.15) is 0 Å². The zero-order valence-electron chi connectivity index (χ0n) is 20.4. The van der Waals surface area contributed by atoms with Gasteiger partial charge in [0.15, 0.2) is 0 Å². The minimum absolute atomic E-state index is 0.0888. The summed E-state index contributed by atoms with van der Waals surface area (Å²) in [6.07, 6.45) is 2.23. The van der Waals surface area contributed by atoms with E-state index in [1.165, 1.54) is 22.3 Å². The third-order valence-electron chi connectivity index (χ3n) is 6.15. The molecule has 0 aromatic heterocycles. The number of aryl methyl sites for hydroxylation is 2. The van der Waals surface area contributed by atoms with Gasteiger partial charge < -0.3 is 19.8 Å². The first-order chi connectivity index (χ1) is 16.7. The Morgan fingerprint density at radius 1 is 0.943 bits per heavy atom. The standard InChI is InChI=1S/C28H35ClNO4P/c1-21-9-12-25(18-22(21)2)28(24-6-3-7-26(29)19-24)8-4-16-34-27-13-10-23(11-14-27)20-30-15-5-17-35(31,32)33/h3,6-7,9-14,18-19,28,30H,4-5,8,15-17,20H2,1-2H3,(H2,31,32,33). The molecule has 3 rings (SSSR count). The zero-order chi connectivity index (χ0) is 25.3. The lowest BCUT2D eigenvalue weighted by atomic mass is 9.86. The van der Waals surface area contributed by atoms with Crippen molar-refractivity contribution in [3.63, 3.8) is 0 Å². The Hall–Kier alpha value is -2.14. The van der Waals surface area contributed by atoms with Gasteiger partial charge in [0.2, 0.25) is 0 Å². The van der Waals surface area contributed by atoms with E-state index in [1.807, 2.05) is 36.4 Å². The summed E-state index contributed by atoms with van der Waals surface area (Å²) in [4.78, 5) is 17.8. The summed E-state index contributed by atoms with van der Waals surface area (Å²) < 4.78 is 16.9. The third-order valence-corrected chi connectivity index (χ3v) is 7.28. The average Bonchev–Trinajstić information content (AvgIpc) is 2.81. The van der Waals surface area contributed by atoms with E-state index in [0.29, 0.717) is 26.1 Å². The number of hydrogen-bond donors (Lipinski definition) is 3. The number of nitrogens with one attached hydrogen (secondary N) is 1. The highest BCUT2D eigenvalue weighted by molar-refractivity contribution is 7.51. The van der Waals surface area contributed by atoms with Crippen molar-refractivity contribution in [1.82, 2.24) is 5.32 Å². The minimum Gasteiger partial charge on any atom is -0.494 e. The lowest BCUT2D eigenvalue weighted by Gasteiger charge is -2.20. The van der Waals surface area contributed by atoms with Gasteiger partial charge in [-0.05, 0) is 91.7 Å². The Morgan fingerprint density at radius 3 is 2.37 bits per heavy atom. The highest BCUT2D eigenvalue weighted by atomic mass is 35.5. The molecule has 3 aromatic rings. The quantitative estimate of drug-likeness (QED) is 0.176. The van der Waals surface area contributed by atoms with Gasteiger partial charge in [0.1, 0.15) is 5.75 Å². The van der Waals surface area contributed by atoms with Crippen LogP contribution in [0.3, 0.4) is 0 Å². The lowest BCUT2D eigenvalue weighted by Crippen LogP contribution is -2.15. The first kappa shape index (κ1) is 27.4. The van der Waals surface area contributed by atoms with Crippen LogP contribution >= 0.6 is 19.2 Å². The maximum absolute atomic E-state index is 10.9. The molecule has 1 atom stereocenters. The molecule has 35 heavy (non-hydrogen) atoms. The molecule has 1 unspecified atom stereocenters. The van der Waals surface area contributed by atoms with Gasteiger partial charge in [0, 0.05) is 17.5 Å². The van der Waals surface area contributed by atoms with Crippen molar-refractivity contribution in [1.29, 1.82) is 0 Å². The lowest BCUT2D eigenvalue weighted by molar-refractivity contribution is 0.304. The summed E-state index contributed by atoms with van der Waals surface area (Å²) in [6.45, 7) is 6.13. The van der Waals surface area contributed by atoms with Crippen LogP contribution in [0.4, 0.5) is 0 Å². The van der Waals surface area contributed by atoms with E-state index in [4.69, 9.17) is 26.1 Å². The molecule has 188 valence electrons. The van der Waals surface area contributed by atoms with E-state index in [1.54, 1.807) is 0 Å². The van der Waals surface area contributed by atoms with E-state index in [0.717, 1.165) is 29.2 Å². The maximum Gasteiger partial charge on any atom is 0.325 e. The Balaban J connectivity index is 1.50. The normalized spacial score (nSPS) is 12.5. The first-order valence-electron chi connectivity index (χ1n) is 12.0. The van der Waals surface area contributed by atoms with Crippen LogP contribution in [0.2, 0.25) is 5.02 Å². The molecule has 0 heterocycles. The van der Waals surface area contributed by atoms with Crippen molar-refractivity contribution in [2.75, 3.05) is 19.3 Å². The molecule has 0 radical (unpaired) electrons. The molecular weight excluding hydrogens is 481 g/mol. The molecular formula is C28H35ClNO4P. The summed E-state index contributed by atoms with van der Waals surface area (Å²) in [5, 5.41) is 3.96. The zero-order valence-corrected chi connectivity index (χ0v) is 22.1. The predicted molar refractivity (Wildman–Crippen MR) is 144 cm³/mol. The second-order valence-corrected chi connectivity index (χ2v) is 11.2. The summed E-state index contributed by atoms with van der Waals surface area (Å²) in [6, 6.07) is 22.7. The second kappa shape index (κ2) is 13.2. The Kier molecular flexibility index (Phi) is 10.4. The van der Waals surface area contributed by atoms with Crippen molar-refractivity contribution in [3.8, 4) is 5.75 Å². The number of rotatable bonds is 13. The van der Waals surface area contributed by atoms with Crippen molar-refractivity contribution in [2.45, 2.75) is 45.6 Å². The molecule has 0 saturated heterocycles. The highest BCUT2D eigenvalue weighted by Gasteiger charge is 2.15. The monoisotopic (exact) mass is 515 g/mol. The van der Waals surface area contributed by atoms with E-state index in [2.05, 4.69) is 49.5 Å². The van der Waals surface area contributed by atoms with Gasteiger partial charge in [-0.3, -0.25) is 4.57 Å². The van der Waals surface area contributed by atoms with Crippen molar-refractivity contribution >= 4 is 19.2 Å². The largest absolute Gasteiger partial charge is 0.494 e. The number of hydrogen-bond acceptors (Lipinski definition) is 3. The Labute approximate surface area is 213 Å². The second-order valence-electron chi connectivity index (χ2n) is 9.00. The molecule has 5 nitrogen and oxygen atoms in total. The predicted octanol–water partition coefficient (Wildman–Crippen LogP) is 6.61.